The highest BCUT2D eigenvalue weighted by Gasteiger charge is 2.11. The molecule has 6 heteroatoms. The Labute approximate surface area is 124 Å². The highest BCUT2D eigenvalue weighted by molar-refractivity contribution is 7.99. The van der Waals surface area contributed by atoms with Crippen LogP contribution in [0.3, 0.4) is 0 Å². The second-order valence-corrected chi connectivity index (χ2v) is 5.38. The van der Waals surface area contributed by atoms with Gasteiger partial charge in [0.15, 0.2) is 0 Å². The Morgan fingerprint density at radius 2 is 1.95 bits per heavy atom. The molecule has 0 unspecified atom stereocenters. The number of benzene rings is 2. The van der Waals surface area contributed by atoms with Gasteiger partial charge in [0.05, 0.1) is 5.52 Å². The zero-order valence-corrected chi connectivity index (χ0v) is 11.7. The summed E-state index contributed by atoms with van der Waals surface area (Å²) in [6, 6.07) is 11.8. The number of nitrogens with one attached hydrogen (secondary N) is 1. The van der Waals surface area contributed by atoms with Crippen molar-refractivity contribution in [1.29, 1.82) is 5.41 Å². The van der Waals surface area contributed by atoms with Crippen LogP contribution in [0.4, 0.5) is 4.39 Å². The highest BCUT2D eigenvalue weighted by Crippen LogP contribution is 2.33. The molecule has 0 aliphatic heterocycles. The molecule has 3 N–H and O–H groups in total. The van der Waals surface area contributed by atoms with E-state index in [0.29, 0.717) is 10.5 Å². The van der Waals surface area contributed by atoms with Crippen LogP contribution in [0, 0.1) is 11.2 Å². The molecule has 4 nitrogen and oxygen atoms in total. The summed E-state index contributed by atoms with van der Waals surface area (Å²) in [5.74, 6) is -0.590. The Hall–Kier alpha value is -2.47. The van der Waals surface area contributed by atoms with Gasteiger partial charge < -0.3 is 5.73 Å². The molecule has 3 rings (SSSR count). The number of hydrogen-bond acceptors (Lipinski definition) is 4. The smallest absolute Gasteiger partial charge is 0.124 e. The van der Waals surface area contributed by atoms with Gasteiger partial charge in [-0.25, -0.2) is 14.4 Å². The van der Waals surface area contributed by atoms with Crippen LogP contribution < -0.4 is 5.73 Å². The van der Waals surface area contributed by atoms with Gasteiger partial charge in [0.2, 0.25) is 0 Å². The number of amidine groups is 1. The molecule has 0 atom stereocenters. The van der Waals surface area contributed by atoms with E-state index < -0.39 is 5.82 Å². The number of aromatic nitrogens is 2. The molecule has 1 aromatic heterocycles. The van der Waals surface area contributed by atoms with Crippen LogP contribution in [-0.2, 0) is 0 Å². The minimum absolute atomic E-state index is 0.171. The second kappa shape index (κ2) is 5.49. The molecule has 0 aliphatic rings. The number of halogens is 1. The van der Waals surface area contributed by atoms with Gasteiger partial charge in [-0.15, -0.1) is 0 Å². The molecule has 3 aromatic rings. The molecule has 0 aliphatic carbocycles. The summed E-state index contributed by atoms with van der Waals surface area (Å²) in [6.07, 6.45) is 1.49. The van der Waals surface area contributed by atoms with Gasteiger partial charge in [0.1, 0.15) is 23.0 Å². The van der Waals surface area contributed by atoms with Gasteiger partial charge in [-0.2, -0.15) is 0 Å². The van der Waals surface area contributed by atoms with E-state index in [2.05, 4.69) is 9.97 Å². The second-order valence-electron chi connectivity index (χ2n) is 4.35. The third-order valence-electron chi connectivity index (χ3n) is 2.94. The first-order valence-corrected chi connectivity index (χ1v) is 6.98. The maximum Gasteiger partial charge on any atom is 0.124 e. The third-order valence-corrected chi connectivity index (χ3v) is 4.04. The molecule has 0 amide bonds. The molecule has 0 bridgehead atoms. The number of para-hydroxylation sites is 1. The molecule has 0 fully saturated rings. The minimum Gasteiger partial charge on any atom is -0.384 e. The minimum atomic E-state index is -0.419. The fourth-order valence-corrected chi connectivity index (χ4v) is 2.97. The Morgan fingerprint density at radius 3 is 2.76 bits per heavy atom. The predicted octanol–water partition coefficient (Wildman–Crippen LogP) is 3.20. The van der Waals surface area contributed by atoms with E-state index in [1.165, 1.54) is 30.2 Å². The van der Waals surface area contributed by atoms with Gasteiger partial charge in [0.25, 0.3) is 0 Å². The SMILES string of the molecule is N=C(N)c1cc(F)ccc1Sc1ncnc2ccccc12. The van der Waals surface area contributed by atoms with E-state index in [1.807, 2.05) is 24.3 Å². The number of fused-ring (bicyclic) bond motifs is 1. The van der Waals surface area contributed by atoms with Crippen molar-refractivity contribution in [1.82, 2.24) is 9.97 Å². The van der Waals surface area contributed by atoms with Crippen molar-refractivity contribution >= 4 is 28.5 Å². The lowest BCUT2D eigenvalue weighted by atomic mass is 10.2. The summed E-state index contributed by atoms with van der Waals surface area (Å²) in [5.41, 5.74) is 6.72. The normalized spacial score (nSPS) is 10.7. The molecule has 1 heterocycles. The topological polar surface area (TPSA) is 75.7 Å². The van der Waals surface area contributed by atoms with Crippen LogP contribution in [0.15, 0.2) is 58.7 Å². The van der Waals surface area contributed by atoms with Crippen LogP contribution in [0.1, 0.15) is 5.56 Å². The van der Waals surface area contributed by atoms with Crippen molar-refractivity contribution in [3.63, 3.8) is 0 Å². The molecule has 0 radical (unpaired) electrons. The summed E-state index contributed by atoms with van der Waals surface area (Å²) in [4.78, 5) is 9.16. The maximum absolute atomic E-state index is 13.3. The molecule has 0 spiro atoms. The number of nitrogen functional groups attached to an aromatic ring is 1. The van der Waals surface area contributed by atoms with Crippen LogP contribution in [0.25, 0.3) is 10.9 Å². The average Bonchev–Trinajstić information content (AvgIpc) is 2.49. The van der Waals surface area contributed by atoms with Crippen LogP contribution in [0.2, 0.25) is 0 Å². The third kappa shape index (κ3) is 2.71. The molecule has 0 saturated heterocycles. The molecular formula is C15H11FN4S. The van der Waals surface area contributed by atoms with E-state index in [4.69, 9.17) is 11.1 Å². The number of nitrogens with zero attached hydrogens (tertiary/aromatic N) is 2. The number of nitrogens with two attached hydrogens (primary N) is 1. The lowest BCUT2D eigenvalue weighted by Crippen LogP contribution is -2.12. The maximum atomic E-state index is 13.3. The summed E-state index contributed by atoms with van der Waals surface area (Å²) < 4.78 is 13.3. The first kappa shape index (κ1) is 13.5. The zero-order chi connectivity index (χ0) is 14.8. The first-order valence-electron chi connectivity index (χ1n) is 6.16. The lowest BCUT2D eigenvalue weighted by molar-refractivity contribution is 0.626. The monoisotopic (exact) mass is 298 g/mol. The largest absolute Gasteiger partial charge is 0.384 e. The fourth-order valence-electron chi connectivity index (χ4n) is 1.97. The van der Waals surface area contributed by atoms with Gasteiger partial charge in [0, 0.05) is 15.8 Å². The first-order chi connectivity index (χ1) is 10.1. The molecule has 21 heavy (non-hydrogen) atoms. The molecular weight excluding hydrogens is 287 g/mol. The quantitative estimate of drug-likeness (QED) is 0.442. The summed E-state index contributed by atoms with van der Waals surface area (Å²) in [5, 5.41) is 9.22. The van der Waals surface area contributed by atoms with Crippen molar-refractivity contribution in [3.8, 4) is 0 Å². The standard InChI is InChI=1S/C15H11FN4S/c16-9-5-6-13(11(7-9)14(17)18)21-15-10-3-1-2-4-12(10)19-8-20-15/h1-8H,(H3,17,18). The van der Waals surface area contributed by atoms with Gasteiger partial charge in [-0.3, -0.25) is 5.41 Å². The van der Waals surface area contributed by atoms with Gasteiger partial charge >= 0.3 is 0 Å². The van der Waals surface area contributed by atoms with Crippen molar-refractivity contribution in [2.75, 3.05) is 0 Å². The Bertz CT molecular complexity index is 830. The fraction of sp³-hybridized carbons (Fsp3) is 0. The van der Waals surface area contributed by atoms with Gasteiger partial charge in [-0.05, 0) is 24.3 Å². The van der Waals surface area contributed by atoms with E-state index >= 15 is 0 Å². The number of hydrogen-bond donors (Lipinski definition) is 2. The molecule has 2 aromatic carbocycles. The highest BCUT2D eigenvalue weighted by atomic mass is 32.2. The molecule has 0 saturated carbocycles. The lowest BCUT2D eigenvalue weighted by Gasteiger charge is -2.09. The average molecular weight is 298 g/mol. The van der Waals surface area contributed by atoms with Gasteiger partial charge in [-0.1, -0.05) is 30.0 Å². The van der Waals surface area contributed by atoms with Crippen molar-refractivity contribution in [2.24, 2.45) is 5.73 Å². The van der Waals surface area contributed by atoms with E-state index in [-0.39, 0.29) is 5.84 Å². The summed E-state index contributed by atoms with van der Waals surface area (Å²) >= 11 is 1.34. The predicted molar refractivity (Wildman–Crippen MR) is 81.1 cm³/mol. The van der Waals surface area contributed by atoms with Crippen LogP contribution in [0.5, 0.6) is 0 Å². The number of rotatable bonds is 3. The van der Waals surface area contributed by atoms with Crippen molar-refractivity contribution < 1.29 is 4.39 Å². The Balaban J connectivity index is 2.09. The van der Waals surface area contributed by atoms with Crippen molar-refractivity contribution in [3.05, 3.63) is 60.2 Å². The Kier molecular flexibility index (Phi) is 3.53. The zero-order valence-electron chi connectivity index (χ0n) is 10.9. The van der Waals surface area contributed by atoms with Crippen molar-refractivity contribution in [2.45, 2.75) is 9.92 Å². The molecule has 104 valence electrons. The van der Waals surface area contributed by atoms with Crippen LogP contribution >= 0.6 is 11.8 Å². The summed E-state index contributed by atoms with van der Waals surface area (Å²) in [7, 11) is 0. The summed E-state index contributed by atoms with van der Waals surface area (Å²) in [6.45, 7) is 0. The van der Waals surface area contributed by atoms with E-state index in [1.54, 1.807) is 6.07 Å². The Morgan fingerprint density at radius 1 is 1.14 bits per heavy atom. The van der Waals surface area contributed by atoms with E-state index in [0.717, 1.165) is 15.9 Å². The van der Waals surface area contributed by atoms with E-state index in [9.17, 15) is 4.39 Å². The van der Waals surface area contributed by atoms with Crippen LogP contribution in [-0.4, -0.2) is 15.8 Å².